The summed E-state index contributed by atoms with van der Waals surface area (Å²) in [7, 11) is -0.328. The van der Waals surface area contributed by atoms with Crippen LogP contribution in [0.3, 0.4) is 0 Å². The van der Waals surface area contributed by atoms with E-state index in [2.05, 4.69) is 11.1 Å². The van der Waals surface area contributed by atoms with Gasteiger partial charge < -0.3 is 0 Å². The van der Waals surface area contributed by atoms with Crippen molar-refractivity contribution in [1.29, 1.82) is 0 Å². The van der Waals surface area contributed by atoms with Crippen molar-refractivity contribution in [3.05, 3.63) is 66.2 Å². The van der Waals surface area contributed by atoms with Gasteiger partial charge in [-0.3, -0.25) is 0 Å². The molecule has 0 unspecified atom stereocenters. The largest absolute Gasteiger partial charge is 0.242 e. The van der Waals surface area contributed by atoms with Gasteiger partial charge in [-0.25, -0.2) is 17.7 Å². The van der Waals surface area contributed by atoms with Gasteiger partial charge in [-0.1, -0.05) is 36.4 Å². The van der Waals surface area contributed by atoms with Gasteiger partial charge in [-0.15, -0.1) is 11.8 Å². The number of hydrogen-bond acceptors (Lipinski definition) is 4. The second-order valence-corrected chi connectivity index (χ2v) is 8.71. The molecule has 0 fully saturated rings. The SMILES string of the molecule is CN(C)S(=O)(=O)c1cccc(CSc2ccc3ccccc3n2)c1. The zero-order chi connectivity index (χ0) is 17.2. The predicted molar refractivity (Wildman–Crippen MR) is 98.6 cm³/mol. The van der Waals surface area contributed by atoms with E-state index in [9.17, 15) is 8.42 Å². The minimum atomic E-state index is -3.40. The Labute approximate surface area is 146 Å². The number of para-hydroxylation sites is 1. The molecular formula is C18H18N2O2S2. The second-order valence-electron chi connectivity index (χ2n) is 5.57. The number of aromatic nitrogens is 1. The van der Waals surface area contributed by atoms with Crippen molar-refractivity contribution >= 4 is 32.7 Å². The lowest BCUT2D eigenvalue weighted by atomic mass is 10.2. The van der Waals surface area contributed by atoms with E-state index in [4.69, 9.17) is 0 Å². The predicted octanol–water partition coefficient (Wildman–Crippen LogP) is 3.78. The monoisotopic (exact) mass is 358 g/mol. The summed E-state index contributed by atoms with van der Waals surface area (Å²) in [5.74, 6) is 0.669. The van der Waals surface area contributed by atoms with Crippen LogP contribution >= 0.6 is 11.8 Å². The fraction of sp³-hybridized carbons (Fsp3) is 0.167. The fourth-order valence-electron chi connectivity index (χ4n) is 2.29. The van der Waals surface area contributed by atoms with Gasteiger partial charge in [0.1, 0.15) is 0 Å². The Morgan fingerprint density at radius 2 is 1.79 bits per heavy atom. The highest BCUT2D eigenvalue weighted by atomic mass is 32.2. The van der Waals surface area contributed by atoms with Crippen LogP contribution in [0.1, 0.15) is 5.56 Å². The van der Waals surface area contributed by atoms with Crippen molar-refractivity contribution < 1.29 is 8.42 Å². The molecule has 0 saturated heterocycles. The van der Waals surface area contributed by atoms with Gasteiger partial charge in [-0.05, 0) is 29.8 Å². The average Bonchev–Trinajstić information content (AvgIpc) is 2.60. The smallest absolute Gasteiger partial charge is 0.241 e. The maximum atomic E-state index is 12.2. The molecule has 3 rings (SSSR count). The Hall–Kier alpha value is -1.89. The molecule has 0 atom stereocenters. The molecule has 124 valence electrons. The molecule has 6 heteroatoms. The van der Waals surface area contributed by atoms with E-state index in [1.54, 1.807) is 30.0 Å². The van der Waals surface area contributed by atoms with Crippen LogP contribution in [-0.2, 0) is 15.8 Å². The van der Waals surface area contributed by atoms with Crippen LogP contribution in [0.25, 0.3) is 10.9 Å². The van der Waals surface area contributed by atoms with Crippen LogP contribution in [0.15, 0.2) is 70.6 Å². The van der Waals surface area contributed by atoms with E-state index in [0.29, 0.717) is 10.6 Å². The van der Waals surface area contributed by atoms with Crippen LogP contribution < -0.4 is 0 Å². The normalized spacial score (nSPS) is 12.0. The lowest BCUT2D eigenvalue weighted by Gasteiger charge is -2.12. The standard InChI is InChI=1S/C18H18N2O2S2/c1-20(2)24(21,22)16-8-5-6-14(12-16)13-23-18-11-10-15-7-3-4-9-17(15)19-18/h3-12H,13H2,1-2H3. The number of benzene rings is 2. The van der Waals surface area contributed by atoms with E-state index < -0.39 is 10.0 Å². The highest BCUT2D eigenvalue weighted by molar-refractivity contribution is 7.98. The Balaban J connectivity index is 1.79. The van der Waals surface area contributed by atoms with Crippen LogP contribution in [0.4, 0.5) is 0 Å². The number of sulfonamides is 1. The van der Waals surface area contributed by atoms with Gasteiger partial charge in [0.05, 0.1) is 15.4 Å². The van der Waals surface area contributed by atoms with Gasteiger partial charge in [0.2, 0.25) is 10.0 Å². The highest BCUT2D eigenvalue weighted by Gasteiger charge is 2.17. The van der Waals surface area contributed by atoms with Crippen molar-refractivity contribution in [2.24, 2.45) is 0 Å². The summed E-state index contributed by atoms with van der Waals surface area (Å²) in [4.78, 5) is 4.94. The summed E-state index contributed by atoms with van der Waals surface area (Å²) in [6.45, 7) is 0. The zero-order valence-corrected chi connectivity index (χ0v) is 15.1. The summed E-state index contributed by atoms with van der Waals surface area (Å²) in [6, 6.07) is 19.1. The first-order valence-corrected chi connectivity index (χ1v) is 9.89. The van der Waals surface area contributed by atoms with Gasteiger partial charge >= 0.3 is 0 Å². The maximum absolute atomic E-state index is 12.2. The van der Waals surface area contributed by atoms with Gasteiger partial charge in [-0.2, -0.15) is 0 Å². The first-order chi connectivity index (χ1) is 11.5. The summed E-state index contributed by atoms with van der Waals surface area (Å²) in [6.07, 6.45) is 0. The molecule has 0 radical (unpaired) electrons. The van der Waals surface area contributed by atoms with Crippen molar-refractivity contribution in [3.8, 4) is 0 Å². The number of fused-ring (bicyclic) bond motifs is 1. The van der Waals surface area contributed by atoms with Crippen molar-refractivity contribution in [2.75, 3.05) is 14.1 Å². The number of rotatable bonds is 5. The molecule has 1 aromatic heterocycles. The molecule has 0 N–H and O–H groups in total. The van der Waals surface area contributed by atoms with Crippen LogP contribution in [0.2, 0.25) is 0 Å². The average molecular weight is 358 g/mol. The summed E-state index contributed by atoms with van der Waals surface area (Å²) >= 11 is 1.60. The number of thioether (sulfide) groups is 1. The van der Waals surface area contributed by atoms with Crippen LogP contribution in [0.5, 0.6) is 0 Å². The highest BCUT2D eigenvalue weighted by Crippen LogP contribution is 2.25. The number of hydrogen-bond donors (Lipinski definition) is 0. The molecule has 0 saturated carbocycles. The van der Waals surface area contributed by atoms with Crippen molar-refractivity contribution in [1.82, 2.24) is 9.29 Å². The summed E-state index contributed by atoms with van der Waals surface area (Å²) in [5, 5.41) is 2.04. The Morgan fingerprint density at radius 3 is 2.58 bits per heavy atom. The molecule has 4 nitrogen and oxygen atoms in total. The molecule has 0 spiro atoms. The molecule has 0 aliphatic rings. The van der Waals surface area contributed by atoms with Crippen LogP contribution in [0, 0.1) is 0 Å². The zero-order valence-electron chi connectivity index (χ0n) is 13.5. The Kier molecular flexibility index (Phi) is 4.89. The molecule has 0 amide bonds. The van der Waals surface area contributed by atoms with Gasteiger partial charge in [0.15, 0.2) is 0 Å². The maximum Gasteiger partial charge on any atom is 0.242 e. The Bertz CT molecular complexity index is 969. The molecule has 3 aromatic rings. The third kappa shape index (κ3) is 3.61. The summed E-state index contributed by atoms with van der Waals surface area (Å²) in [5.41, 5.74) is 1.92. The van der Waals surface area contributed by atoms with E-state index in [-0.39, 0.29) is 0 Å². The van der Waals surface area contributed by atoms with Gasteiger partial charge in [0.25, 0.3) is 0 Å². The third-order valence-electron chi connectivity index (χ3n) is 3.64. The minimum Gasteiger partial charge on any atom is -0.241 e. The molecule has 1 heterocycles. The van der Waals surface area contributed by atoms with Crippen molar-refractivity contribution in [3.63, 3.8) is 0 Å². The molecule has 2 aromatic carbocycles. The molecule has 0 aliphatic heterocycles. The van der Waals surface area contributed by atoms with Crippen molar-refractivity contribution in [2.45, 2.75) is 15.7 Å². The van der Waals surface area contributed by atoms with Crippen LogP contribution in [-0.4, -0.2) is 31.8 Å². The summed E-state index contributed by atoms with van der Waals surface area (Å²) < 4.78 is 25.6. The van der Waals surface area contributed by atoms with E-state index in [1.807, 2.05) is 36.4 Å². The van der Waals surface area contributed by atoms with Gasteiger partial charge in [0, 0.05) is 25.2 Å². The lowest BCUT2D eigenvalue weighted by Crippen LogP contribution is -2.22. The number of nitrogens with zero attached hydrogens (tertiary/aromatic N) is 2. The first-order valence-electron chi connectivity index (χ1n) is 7.47. The Morgan fingerprint density at radius 1 is 1.00 bits per heavy atom. The topological polar surface area (TPSA) is 50.3 Å². The molecule has 0 bridgehead atoms. The quantitative estimate of drug-likeness (QED) is 0.651. The minimum absolute atomic E-state index is 0.317. The fourth-order valence-corrected chi connectivity index (χ4v) is 4.09. The molecule has 0 aliphatic carbocycles. The third-order valence-corrected chi connectivity index (χ3v) is 6.45. The lowest BCUT2D eigenvalue weighted by molar-refractivity contribution is 0.520. The van der Waals surface area contributed by atoms with E-state index in [0.717, 1.165) is 21.5 Å². The molecule has 24 heavy (non-hydrogen) atoms. The van der Waals surface area contributed by atoms with E-state index in [1.165, 1.54) is 18.4 Å². The number of pyridine rings is 1. The molecular weight excluding hydrogens is 340 g/mol. The first kappa shape index (κ1) is 17.0. The van der Waals surface area contributed by atoms with E-state index >= 15 is 0 Å². The second kappa shape index (κ2) is 6.93.